The second-order valence-corrected chi connectivity index (χ2v) is 4.46. The largest absolute Gasteiger partial charge is 0.394 e. The van der Waals surface area contributed by atoms with E-state index in [1.165, 1.54) is 0 Å². The van der Waals surface area contributed by atoms with Crippen LogP contribution in [-0.2, 0) is 13.1 Å². The molecule has 0 saturated heterocycles. The summed E-state index contributed by atoms with van der Waals surface area (Å²) < 4.78 is 3.64. The third-order valence-electron chi connectivity index (χ3n) is 2.63. The third-order valence-corrected chi connectivity index (χ3v) is 2.63. The van der Waals surface area contributed by atoms with E-state index in [2.05, 4.69) is 29.4 Å². The van der Waals surface area contributed by atoms with E-state index in [-0.39, 0.29) is 6.61 Å². The molecule has 0 aromatic carbocycles. The quantitative estimate of drug-likeness (QED) is 0.809. The normalized spacial score (nSPS) is 11.1. The van der Waals surface area contributed by atoms with E-state index in [0.717, 1.165) is 11.4 Å². The van der Waals surface area contributed by atoms with E-state index in [0.29, 0.717) is 19.1 Å². The van der Waals surface area contributed by atoms with E-state index in [9.17, 15) is 0 Å². The van der Waals surface area contributed by atoms with Crippen LogP contribution in [0.25, 0.3) is 0 Å². The van der Waals surface area contributed by atoms with E-state index >= 15 is 0 Å². The molecule has 0 spiro atoms. The number of aliphatic hydroxyl groups excluding tert-OH is 1. The van der Waals surface area contributed by atoms with Gasteiger partial charge in [0.1, 0.15) is 5.82 Å². The number of nitrogens with one attached hydrogen (secondary N) is 1. The number of aromatic nitrogens is 4. The van der Waals surface area contributed by atoms with E-state index in [4.69, 9.17) is 5.11 Å². The predicted molar refractivity (Wildman–Crippen MR) is 69.3 cm³/mol. The minimum absolute atomic E-state index is 0.0995. The van der Waals surface area contributed by atoms with Crippen molar-refractivity contribution in [2.75, 3.05) is 11.9 Å². The molecule has 2 rings (SSSR count). The first-order valence-corrected chi connectivity index (χ1v) is 6.10. The summed E-state index contributed by atoms with van der Waals surface area (Å²) in [6.07, 6.45) is 5.73. The van der Waals surface area contributed by atoms with Crippen LogP contribution in [0.5, 0.6) is 0 Å². The van der Waals surface area contributed by atoms with Crippen LogP contribution in [0, 0.1) is 0 Å². The number of nitrogens with zero attached hydrogens (tertiary/aromatic N) is 4. The van der Waals surface area contributed by atoms with Crippen molar-refractivity contribution < 1.29 is 5.11 Å². The van der Waals surface area contributed by atoms with Gasteiger partial charge >= 0.3 is 0 Å². The topological polar surface area (TPSA) is 67.9 Å². The standard InChI is InChI=1S/C12H19N5O/c1-10(2)17-9-11(8-14-17)7-13-12-3-4-16(15-12)5-6-18/h3-4,8-10,18H,5-7H2,1-2H3,(H,13,15). The zero-order valence-electron chi connectivity index (χ0n) is 10.7. The maximum absolute atomic E-state index is 8.80. The van der Waals surface area contributed by atoms with Gasteiger partial charge in [-0.1, -0.05) is 0 Å². The van der Waals surface area contributed by atoms with Crippen molar-refractivity contribution in [3.8, 4) is 0 Å². The first-order valence-electron chi connectivity index (χ1n) is 6.10. The second kappa shape index (κ2) is 5.68. The Morgan fingerprint density at radius 3 is 2.94 bits per heavy atom. The minimum Gasteiger partial charge on any atom is -0.394 e. The Labute approximate surface area is 106 Å². The monoisotopic (exact) mass is 249 g/mol. The fourth-order valence-corrected chi connectivity index (χ4v) is 1.63. The first kappa shape index (κ1) is 12.6. The average molecular weight is 249 g/mol. The van der Waals surface area contributed by atoms with Gasteiger partial charge < -0.3 is 10.4 Å². The van der Waals surface area contributed by atoms with Crippen LogP contribution in [-0.4, -0.2) is 31.3 Å². The molecule has 0 aliphatic heterocycles. The molecule has 0 bridgehead atoms. The van der Waals surface area contributed by atoms with Crippen LogP contribution < -0.4 is 5.32 Å². The van der Waals surface area contributed by atoms with Crippen molar-refractivity contribution in [3.63, 3.8) is 0 Å². The van der Waals surface area contributed by atoms with Crippen molar-refractivity contribution in [1.29, 1.82) is 0 Å². The highest BCUT2D eigenvalue weighted by Gasteiger charge is 2.03. The van der Waals surface area contributed by atoms with Crippen molar-refractivity contribution in [2.24, 2.45) is 0 Å². The third kappa shape index (κ3) is 3.10. The molecule has 2 aromatic heterocycles. The fraction of sp³-hybridized carbons (Fsp3) is 0.500. The lowest BCUT2D eigenvalue weighted by molar-refractivity contribution is 0.269. The molecule has 0 amide bonds. The summed E-state index contributed by atoms with van der Waals surface area (Å²) in [5, 5.41) is 20.6. The molecule has 2 heterocycles. The second-order valence-electron chi connectivity index (χ2n) is 4.46. The van der Waals surface area contributed by atoms with Crippen LogP contribution in [0.1, 0.15) is 25.5 Å². The van der Waals surface area contributed by atoms with Crippen molar-refractivity contribution in [2.45, 2.75) is 33.0 Å². The molecule has 0 aliphatic carbocycles. The lowest BCUT2D eigenvalue weighted by Crippen LogP contribution is -2.04. The van der Waals surface area contributed by atoms with Gasteiger partial charge in [-0.3, -0.25) is 9.36 Å². The summed E-state index contributed by atoms with van der Waals surface area (Å²) in [4.78, 5) is 0. The van der Waals surface area contributed by atoms with Gasteiger partial charge in [-0.15, -0.1) is 0 Å². The fourth-order valence-electron chi connectivity index (χ4n) is 1.63. The highest BCUT2D eigenvalue weighted by atomic mass is 16.3. The Bertz CT molecular complexity index is 488. The van der Waals surface area contributed by atoms with Crippen LogP contribution in [0.4, 0.5) is 5.82 Å². The molecule has 0 radical (unpaired) electrons. The summed E-state index contributed by atoms with van der Waals surface area (Å²) in [5.74, 6) is 0.806. The van der Waals surface area contributed by atoms with E-state index in [1.54, 1.807) is 4.68 Å². The van der Waals surface area contributed by atoms with Gasteiger partial charge in [0.05, 0.1) is 19.3 Å². The Morgan fingerprint density at radius 2 is 2.28 bits per heavy atom. The molecule has 0 fully saturated rings. The molecule has 6 heteroatoms. The average Bonchev–Trinajstić information content (AvgIpc) is 2.95. The molecular formula is C12H19N5O. The Morgan fingerprint density at radius 1 is 1.44 bits per heavy atom. The number of aliphatic hydroxyl groups is 1. The Kier molecular flexibility index (Phi) is 3.99. The zero-order chi connectivity index (χ0) is 13.0. The van der Waals surface area contributed by atoms with E-state index < -0.39 is 0 Å². The van der Waals surface area contributed by atoms with Gasteiger partial charge in [0.15, 0.2) is 0 Å². The lowest BCUT2D eigenvalue weighted by atomic mass is 10.3. The Hall–Kier alpha value is -1.82. The summed E-state index contributed by atoms with van der Waals surface area (Å²) in [6, 6.07) is 2.27. The SMILES string of the molecule is CC(C)n1cc(CNc2ccn(CCO)n2)cn1. The Balaban J connectivity index is 1.89. The molecule has 0 unspecified atom stereocenters. The molecule has 0 saturated carbocycles. The molecule has 2 N–H and O–H groups in total. The van der Waals surface area contributed by atoms with Crippen molar-refractivity contribution in [1.82, 2.24) is 19.6 Å². The van der Waals surface area contributed by atoms with Crippen LogP contribution in [0.15, 0.2) is 24.7 Å². The van der Waals surface area contributed by atoms with Crippen LogP contribution in [0.3, 0.4) is 0 Å². The van der Waals surface area contributed by atoms with Crippen molar-refractivity contribution >= 4 is 5.82 Å². The highest BCUT2D eigenvalue weighted by Crippen LogP contribution is 2.08. The molecule has 6 nitrogen and oxygen atoms in total. The van der Waals surface area contributed by atoms with Gasteiger partial charge in [0.25, 0.3) is 0 Å². The smallest absolute Gasteiger partial charge is 0.148 e. The van der Waals surface area contributed by atoms with Gasteiger partial charge in [-0.05, 0) is 13.8 Å². The molecule has 0 aliphatic rings. The molecular weight excluding hydrogens is 230 g/mol. The first-order chi connectivity index (χ1) is 8.69. The minimum atomic E-state index is 0.0995. The zero-order valence-corrected chi connectivity index (χ0v) is 10.7. The summed E-state index contributed by atoms with van der Waals surface area (Å²) >= 11 is 0. The lowest BCUT2D eigenvalue weighted by Gasteiger charge is -2.03. The summed E-state index contributed by atoms with van der Waals surface area (Å²) in [5.41, 5.74) is 1.13. The van der Waals surface area contributed by atoms with Gasteiger partial charge in [0, 0.05) is 36.6 Å². The summed E-state index contributed by atoms with van der Waals surface area (Å²) in [6.45, 7) is 5.51. The van der Waals surface area contributed by atoms with Gasteiger partial charge in [-0.2, -0.15) is 10.2 Å². The number of hydrogen-bond acceptors (Lipinski definition) is 4. The maximum Gasteiger partial charge on any atom is 0.148 e. The highest BCUT2D eigenvalue weighted by molar-refractivity contribution is 5.33. The van der Waals surface area contributed by atoms with E-state index in [1.807, 2.05) is 29.3 Å². The van der Waals surface area contributed by atoms with Crippen LogP contribution >= 0.6 is 0 Å². The number of anilines is 1. The maximum atomic E-state index is 8.80. The summed E-state index contributed by atoms with van der Waals surface area (Å²) in [7, 11) is 0. The predicted octanol–water partition coefficient (Wildman–Crippen LogP) is 1.26. The number of hydrogen-bond donors (Lipinski definition) is 2. The molecule has 18 heavy (non-hydrogen) atoms. The molecule has 0 atom stereocenters. The molecule has 2 aromatic rings. The number of rotatable bonds is 6. The van der Waals surface area contributed by atoms with Gasteiger partial charge in [0.2, 0.25) is 0 Å². The van der Waals surface area contributed by atoms with Gasteiger partial charge in [-0.25, -0.2) is 0 Å². The van der Waals surface area contributed by atoms with Crippen molar-refractivity contribution in [3.05, 3.63) is 30.2 Å². The van der Waals surface area contributed by atoms with Crippen LogP contribution in [0.2, 0.25) is 0 Å². The molecule has 98 valence electrons.